The van der Waals surface area contributed by atoms with Crippen LogP contribution in [0.25, 0.3) is 0 Å². The molecule has 0 amide bonds. The Balaban J connectivity index is 0. The number of likely N-dealkylation sites (N-methyl/N-ethyl adjacent to an activating group) is 1. The molecule has 0 aromatic carbocycles. The van der Waals surface area contributed by atoms with Gasteiger partial charge >= 0.3 is 0 Å². The molecule has 1 N–H and O–H groups in total. The molecule has 6 heteroatoms. The Bertz CT molecular complexity index is 391. The van der Waals surface area contributed by atoms with Crippen LogP contribution in [0.15, 0.2) is 0 Å². The van der Waals surface area contributed by atoms with E-state index in [0.29, 0.717) is 11.0 Å². The molecule has 190 valence electrons. The highest BCUT2D eigenvalue weighted by molar-refractivity contribution is 7.44. The smallest absolute Gasteiger partial charge is 0.265 e. The number of unbranched alkanes of at least 4 members (excludes halogenated alkanes) is 10. The molecule has 0 aliphatic carbocycles. The van der Waals surface area contributed by atoms with Gasteiger partial charge in [-0.1, -0.05) is 124 Å². The van der Waals surface area contributed by atoms with E-state index < -0.39 is 7.82 Å². The summed E-state index contributed by atoms with van der Waals surface area (Å²) in [5, 5.41) is 0. The first-order valence-corrected chi connectivity index (χ1v) is 14.5. The molecule has 0 aliphatic rings. The Labute approximate surface area is 195 Å². The summed E-state index contributed by atoms with van der Waals surface area (Å²) in [4.78, 5) is 18.3. The second-order valence-corrected chi connectivity index (χ2v) is 11.3. The predicted octanol–water partition coefficient (Wildman–Crippen LogP) is 7.07. The van der Waals surface area contributed by atoms with Gasteiger partial charge in [0.2, 0.25) is 0 Å². The van der Waals surface area contributed by atoms with Crippen LogP contribution in [0.5, 0.6) is 0 Å². The standard InChI is InChI=1S/C20H42.C5H14NO4P/c1-4-7-9-11-13-15-18-20(17-6-3)19-16-14-12-10-8-5-2;1-6(2,3)4-5-10-11(7,8)9/h20H,4-19H2,1-3H3;4-5H2,1-3H3,(H-,7,8,9). The van der Waals surface area contributed by atoms with E-state index in [1.807, 2.05) is 21.1 Å². The molecule has 1 unspecified atom stereocenters. The first-order valence-electron chi connectivity index (χ1n) is 13.0. The van der Waals surface area contributed by atoms with E-state index in [1.54, 1.807) is 0 Å². The molecule has 0 spiro atoms. The van der Waals surface area contributed by atoms with Gasteiger partial charge in [0, 0.05) is 0 Å². The van der Waals surface area contributed by atoms with Crippen molar-refractivity contribution >= 4 is 7.82 Å². The molecule has 1 atom stereocenters. The zero-order valence-corrected chi connectivity index (χ0v) is 22.8. The van der Waals surface area contributed by atoms with Crippen molar-refractivity contribution in [2.75, 3.05) is 34.3 Å². The van der Waals surface area contributed by atoms with Crippen molar-refractivity contribution in [3.05, 3.63) is 0 Å². The van der Waals surface area contributed by atoms with Gasteiger partial charge in [-0.15, -0.1) is 0 Å². The summed E-state index contributed by atoms with van der Waals surface area (Å²) in [6.07, 6.45) is 23.3. The van der Waals surface area contributed by atoms with E-state index in [2.05, 4.69) is 25.3 Å². The van der Waals surface area contributed by atoms with Gasteiger partial charge in [-0.25, -0.2) is 0 Å². The Kier molecular flexibility index (Phi) is 23.5. The van der Waals surface area contributed by atoms with E-state index in [4.69, 9.17) is 4.89 Å². The van der Waals surface area contributed by atoms with E-state index in [0.717, 1.165) is 5.92 Å². The lowest BCUT2D eigenvalue weighted by atomic mass is 9.90. The van der Waals surface area contributed by atoms with Crippen molar-refractivity contribution in [3.8, 4) is 0 Å². The number of hydrogen-bond donors (Lipinski definition) is 1. The van der Waals surface area contributed by atoms with Crippen molar-refractivity contribution in [2.24, 2.45) is 5.92 Å². The normalized spacial score (nSPS) is 13.7. The molecule has 0 bridgehead atoms. The van der Waals surface area contributed by atoms with Crippen LogP contribution >= 0.6 is 7.82 Å². The van der Waals surface area contributed by atoms with E-state index in [1.165, 1.54) is 103 Å². The van der Waals surface area contributed by atoms with Crippen LogP contribution in [0.4, 0.5) is 0 Å². The minimum atomic E-state index is -4.51. The van der Waals surface area contributed by atoms with Crippen LogP contribution in [0.1, 0.15) is 124 Å². The summed E-state index contributed by atoms with van der Waals surface area (Å²) < 4.78 is 14.8. The fourth-order valence-electron chi connectivity index (χ4n) is 3.70. The third-order valence-corrected chi connectivity index (χ3v) is 6.15. The van der Waals surface area contributed by atoms with E-state index in [-0.39, 0.29) is 6.61 Å². The lowest BCUT2D eigenvalue weighted by molar-refractivity contribution is -0.870. The number of phosphoric ester groups is 1. The Morgan fingerprint density at radius 2 is 1.16 bits per heavy atom. The third-order valence-electron chi connectivity index (χ3n) is 5.65. The van der Waals surface area contributed by atoms with Crippen molar-refractivity contribution in [2.45, 2.75) is 124 Å². The average Bonchev–Trinajstić information content (AvgIpc) is 2.65. The van der Waals surface area contributed by atoms with Crippen LogP contribution in [0, 0.1) is 5.92 Å². The van der Waals surface area contributed by atoms with Crippen molar-refractivity contribution in [3.63, 3.8) is 0 Å². The van der Waals surface area contributed by atoms with Gasteiger partial charge in [0.1, 0.15) is 13.2 Å². The summed E-state index contributed by atoms with van der Waals surface area (Å²) in [7, 11) is 1.19. The molecule has 31 heavy (non-hydrogen) atoms. The van der Waals surface area contributed by atoms with Crippen LogP contribution in [-0.4, -0.2) is 43.7 Å². The molecule has 0 saturated heterocycles. The molecule has 5 nitrogen and oxygen atoms in total. The largest absolute Gasteiger partial charge is 0.756 e. The zero-order chi connectivity index (χ0) is 24.0. The third kappa shape index (κ3) is 32.3. The van der Waals surface area contributed by atoms with Crippen LogP contribution in [0.3, 0.4) is 0 Å². The van der Waals surface area contributed by atoms with Gasteiger partial charge in [-0.05, 0) is 5.92 Å². The second kappa shape index (κ2) is 21.9. The van der Waals surface area contributed by atoms with Gasteiger partial charge in [0.15, 0.2) is 0 Å². The topological polar surface area (TPSA) is 69.6 Å². The Hall–Kier alpha value is 0.0700. The molecule has 0 fully saturated rings. The SMILES string of the molecule is CCCCCCCCC(CCC)CCCCCCCC.C[N+](C)(C)CCOP(=O)([O-])O. The van der Waals surface area contributed by atoms with E-state index >= 15 is 0 Å². The average molecular weight is 466 g/mol. The maximum atomic E-state index is 10.1. The number of phosphoric acid groups is 1. The minimum Gasteiger partial charge on any atom is -0.756 e. The first kappa shape index (κ1) is 33.2. The lowest BCUT2D eigenvalue weighted by Crippen LogP contribution is -2.37. The van der Waals surface area contributed by atoms with Crippen molar-refractivity contribution < 1.29 is 23.4 Å². The molecule has 0 aromatic heterocycles. The summed E-state index contributed by atoms with van der Waals surface area (Å²) >= 11 is 0. The molecule has 0 saturated carbocycles. The summed E-state index contributed by atoms with van der Waals surface area (Å²) in [5.41, 5.74) is 0. The molecule has 0 aromatic rings. The first-order chi connectivity index (χ1) is 14.6. The fraction of sp³-hybridized carbons (Fsp3) is 1.00. The maximum Gasteiger partial charge on any atom is 0.265 e. The highest BCUT2D eigenvalue weighted by Crippen LogP contribution is 2.29. The number of nitrogens with zero attached hydrogens (tertiary/aromatic N) is 1. The second-order valence-electron chi connectivity index (χ2n) is 10.1. The predicted molar refractivity (Wildman–Crippen MR) is 133 cm³/mol. The number of hydrogen-bond acceptors (Lipinski definition) is 3. The monoisotopic (exact) mass is 465 g/mol. The molecular formula is C25H56NO4P. The highest BCUT2D eigenvalue weighted by Gasteiger charge is 2.09. The molecule has 0 rings (SSSR count). The van der Waals surface area contributed by atoms with Gasteiger partial charge in [0.05, 0.1) is 21.1 Å². The minimum absolute atomic E-state index is 0.0147. The fourth-order valence-corrected chi connectivity index (χ4v) is 4.01. The Morgan fingerprint density at radius 3 is 1.52 bits per heavy atom. The summed E-state index contributed by atoms with van der Waals surface area (Å²) in [6.45, 7) is 7.51. The van der Waals surface area contributed by atoms with Gasteiger partial charge in [0.25, 0.3) is 7.82 Å². The molecule has 0 heterocycles. The highest BCUT2D eigenvalue weighted by atomic mass is 31.2. The van der Waals surface area contributed by atoms with E-state index in [9.17, 15) is 9.46 Å². The maximum absolute atomic E-state index is 10.1. The van der Waals surface area contributed by atoms with Gasteiger partial charge in [-0.3, -0.25) is 4.57 Å². The van der Waals surface area contributed by atoms with Gasteiger partial charge in [-0.2, -0.15) is 0 Å². The number of quaternary nitrogens is 1. The number of rotatable bonds is 20. The Morgan fingerprint density at radius 1 is 0.742 bits per heavy atom. The summed E-state index contributed by atoms with van der Waals surface area (Å²) in [6, 6.07) is 0. The van der Waals surface area contributed by atoms with Crippen LogP contribution in [-0.2, 0) is 9.09 Å². The zero-order valence-electron chi connectivity index (χ0n) is 21.9. The molecule has 0 aliphatic heterocycles. The summed E-state index contributed by atoms with van der Waals surface area (Å²) in [5.74, 6) is 1.04. The van der Waals surface area contributed by atoms with Crippen LogP contribution in [0.2, 0.25) is 0 Å². The van der Waals surface area contributed by atoms with Gasteiger partial charge < -0.3 is 18.8 Å². The lowest BCUT2D eigenvalue weighted by Gasteiger charge is -2.25. The molecular weight excluding hydrogens is 409 g/mol. The van der Waals surface area contributed by atoms with Crippen molar-refractivity contribution in [1.29, 1.82) is 0 Å². The quantitative estimate of drug-likeness (QED) is 0.119. The molecule has 0 radical (unpaired) electrons. The van der Waals surface area contributed by atoms with Crippen LogP contribution < -0.4 is 4.89 Å². The van der Waals surface area contributed by atoms with Crippen molar-refractivity contribution in [1.82, 2.24) is 0 Å².